The van der Waals surface area contributed by atoms with Crippen molar-refractivity contribution in [2.75, 3.05) is 62.7 Å². The van der Waals surface area contributed by atoms with Crippen molar-refractivity contribution < 1.29 is 32.3 Å². The molecule has 4 aliphatic heterocycles. The monoisotopic (exact) mass is 1040 g/mol. The van der Waals surface area contributed by atoms with E-state index >= 15 is 0 Å². The molecule has 9 rings (SSSR count). The minimum atomic E-state index is -4.70. The SMILES string of the molecule is C#C.C1CCC1.C=C=C1c2ccc(N3CCN(Cc4ccc(COC5CCCN(CC6=CN(C=O)/C(=C\N(C)c7cccc(Cc8nncn8C)c7)C(C(F)(F)F)=C6)C5)cc4)CC3)cc2CN1NC(=O)CCCC.C=O. The van der Waals surface area contributed by atoms with Crippen LogP contribution >= 0.6 is 0 Å². The van der Waals surface area contributed by atoms with Gasteiger partial charge in [0.05, 0.1) is 30.5 Å². The van der Waals surface area contributed by atoms with E-state index in [9.17, 15) is 22.8 Å². The van der Waals surface area contributed by atoms with Gasteiger partial charge in [0.2, 0.25) is 12.3 Å². The van der Waals surface area contributed by atoms with E-state index in [-0.39, 0.29) is 24.3 Å². The third-order valence-corrected chi connectivity index (χ3v) is 14.1. The van der Waals surface area contributed by atoms with Crippen LogP contribution in [0.4, 0.5) is 24.5 Å². The number of hydrazine groups is 1. The molecule has 0 bridgehead atoms. The number of aryl methyl sites for hydroxylation is 1. The number of nitrogens with zero attached hydrogens (tertiary/aromatic N) is 9. The van der Waals surface area contributed by atoms with Crippen LogP contribution in [0.25, 0.3) is 5.70 Å². The second kappa shape index (κ2) is 28.6. The predicted molar refractivity (Wildman–Crippen MR) is 293 cm³/mol. The first kappa shape index (κ1) is 58.0. The van der Waals surface area contributed by atoms with E-state index in [1.54, 1.807) is 24.3 Å². The Kier molecular flexibility index (Phi) is 21.9. The molecule has 5 heterocycles. The molecule has 5 aliphatic rings. The number of carbonyl (C=O) groups is 3. The average Bonchev–Trinajstić information content (AvgIpc) is 3.99. The molecule has 1 saturated carbocycles. The largest absolute Gasteiger partial charge is 0.418 e. The standard InChI is InChI=1S/C52H61F3N10O3.C4H8.C2H2.CH2O/c1-5-7-13-51(67)58-65-32-42-28-44(18-19-46(42)48(65)6-2)63-23-21-61(22-24-63)29-38-14-16-39(17-15-38)35-68-45-12-9-20-62(33-45)30-41-26-47(52(53,54)55)49(64(31-41)37-66)34-59(3)43-11-8-10-40(25-43)27-50-57-56-36-60(50)4;1-2-4-3-1;2*1-2/h8,10-11,14-19,25-26,28,31,34,36-37,45H,2,5,7,9,12-13,20-24,27,29-30,32-33,35H2,1,3-4H3,(H,58,67);1-4H2;1-2H;1H2/b49-34-;;;. The van der Waals surface area contributed by atoms with Gasteiger partial charge in [-0.25, -0.2) is 0 Å². The minimum absolute atomic E-state index is 0.0107. The van der Waals surface area contributed by atoms with Gasteiger partial charge >= 0.3 is 6.18 Å². The van der Waals surface area contributed by atoms with Crippen molar-refractivity contribution in [3.8, 4) is 12.8 Å². The number of alkyl halides is 3. The van der Waals surface area contributed by atoms with Gasteiger partial charge in [0.25, 0.3) is 0 Å². The average molecular weight is 1040 g/mol. The van der Waals surface area contributed by atoms with Crippen LogP contribution in [0.1, 0.15) is 98.4 Å². The highest BCUT2D eigenvalue weighted by atomic mass is 19.4. The lowest BCUT2D eigenvalue weighted by atomic mass is 10.0. The minimum Gasteiger partial charge on any atom is -0.372 e. The maximum atomic E-state index is 14.7. The molecule has 1 aliphatic carbocycles. The fourth-order valence-corrected chi connectivity index (χ4v) is 9.56. The first-order valence-corrected chi connectivity index (χ1v) is 26.1. The number of anilines is 2. The Hall–Kier alpha value is -7.22. The summed E-state index contributed by atoms with van der Waals surface area (Å²) in [6.45, 7) is 15.1. The number of rotatable bonds is 17. The molecule has 76 heavy (non-hydrogen) atoms. The van der Waals surface area contributed by atoms with Crippen LogP contribution < -0.4 is 15.2 Å². The summed E-state index contributed by atoms with van der Waals surface area (Å²) in [5.41, 5.74) is 13.4. The van der Waals surface area contributed by atoms with E-state index in [1.165, 1.54) is 49.3 Å². The highest BCUT2D eigenvalue weighted by molar-refractivity contribution is 5.79. The fraction of sp³-hybridized carbons (Fsp3) is 0.424. The number of nitrogens with one attached hydrogen (secondary N) is 1. The summed E-state index contributed by atoms with van der Waals surface area (Å²) in [6, 6.07) is 22.5. The summed E-state index contributed by atoms with van der Waals surface area (Å²) in [5.74, 6) is 0.767. The van der Waals surface area contributed by atoms with Gasteiger partial charge in [-0.15, -0.1) is 28.8 Å². The number of unbranched alkanes of at least 4 members (excludes halogenated alkanes) is 1. The summed E-state index contributed by atoms with van der Waals surface area (Å²) in [5, 5.41) is 9.92. The van der Waals surface area contributed by atoms with Crippen molar-refractivity contribution in [3.05, 3.63) is 154 Å². The maximum Gasteiger partial charge on any atom is 0.418 e. The molecule has 1 N–H and O–H groups in total. The molecule has 0 spiro atoms. The lowest BCUT2D eigenvalue weighted by Gasteiger charge is -2.36. The first-order chi connectivity index (χ1) is 36.9. The van der Waals surface area contributed by atoms with Crippen molar-refractivity contribution in [3.63, 3.8) is 0 Å². The molecule has 1 aromatic heterocycles. The molecule has 2 amide bonds. The van der Waals surface area contributed by atoms with E-state index in [1.807, 2.05) is 41.6 Å². The lowest BCUT2D eigenvalue weighted by Crippen LogP contribution is -2.46. The number of amides is 2. The third-order valence-electron chi connectivity index (χ3n) is 14.1. The second-order valence-corrected chi connectivity index (χ2v) is 19.5. The Morgan fingerprint density at radius 3 is 2.30 bits per heavy atom. The Morgan fingerprint density at radius 2 is 1.66 bits per heavy atom. The number of benzene rings is 3. The number of aromatic nitrogens is 3. The van der Waals surface area contributed by atoms with Crippen molar-refractivity contribution >= 4 is 36.2 Å². The third kappa shape index (κ3) is 15.9. The van der Waals surface area contributed by atoms with Gasteiger partial charge in [0.15, 0.2) is 0 Å². The molecule has 4 aromatic rings. The van der Waals surface area contributed by atoms with Crippen LogP contribution in [-0.2, 0) is 52.3 Å². The quantitative estimate of drug-likeness (QED) is 0.0619. The summed E-state index contributed by atoms with van der Waals surface area (Å²) < 4.78 is 52.3. The molecular weight excluding hydrogens is 970 g/mol. The fourth-order valence-electron chi connectivity index (χ4n) is 9.56. The van der Waals surface area contributed by atoms with Gasteiger partial charge in [-0.05, 0) is 90.0 Å². The smallest absolute Gasteiger partial charge is 0.372 e. The molecule has 0 radical (unpaired) electrons. The zero-order chi connectivity index (χ0) is 54.6. The van der Waals surface area contributed by atoms with Gasteiger partial charge in [0, 0.05) is 102 Å². The molecule has 3 aromatic carbocycles. The van der Waals surface area contributed by atoms with E-state index in [0.29, 0.717) is 56.8 Å². The second-order valence-electron chi connectivity index (χ2n) is 19.5. The van der Waals surface area contributed by atoms with E-state index in [4.69, 9.17) is 9.53 Å². The number of ether oxygens (including phenoxy) is 1. The molecule has 1 atom stereocenters. The number of likely N-dealkylation sites (tertiary alicyclic amines) is 1. The number of piperidine rings is 1. The molecule has 1 unspecified atom stereocenters. The zero-order valence-corrected chi connectivity index (χ0v) is 44.3. The Bertz CT molecular complexity index is 2710. The Morgan fingerprint density at radius 1 is 0.934 bits per heavy atom. The van der Waals surface area contributed by atoms with Crippen LogP contribution in [0.2, 0.25) is 0 Å². The number of terminal acetylenes is 1. The van der Waals surface area contributed by atoms with E-state index < -0.39 is 11.7 Å². The van der Waals surface area contributed by atoms with Crippen molar-refractivity contribution in [1.82, 2.24) is 39.9 Å². The van der Waals surface area contributed by atoms with Crippen LogP contribution in [-0.4, -0.2) is 119 Å². The number of hydrogen-bond donors (Lipinski definition) is 1. The molecule has 17 heteroatoms. The summed E-state index contributed by atoms with van der Waals surface area (Å²) in [4.78, 5) is 42.4. The van der Waals surface area contributed by atoms with Gasteiger partial charge in [-0.3, -0.25) is 34.7 Å². The molecule has 3 fully saturated rings. The predicted octanol–water partition coefficient (Wildman–Crippen LogP) is 9.32. The van der Waals surface area contributed by atoms with Crippen LogP contribution in [0, 0.1) is 12.8 Å². The van der Waals surface area contributed by atoms with Crippen molar-refractivity contribution in [1.29, 1.82) is 0 Å². The maximum absolute atomic E-state index is 14.7. The first-order valence-electron chi connectivity index (χ1n) is 26.1. The number of hydrogen-bond acceptors (Lipinski definition) is 11. The van der Waals surface area contributed by atoms with E-state index in [0.717, 1.165) is 103 Å². The molecule has 14 nitrogen and oxygen atoms in total. The molecular formula is C59H73F3N10O4. The number of piperazine rings is 1. The van der Waals surface area contributed by atoms with Gasteiger partial charge in [-0.2, -0.15) is 13.2 Å². The zero-order valence-electron chi connectivity index (χ0n) is 44.3. The number of halogens is 3. The van der Waals surface area contributed by atoms with Gasteiger partial charge in [0.1, 0.15) is 24.6 Å². The highest BCUT2D eigenvalue weighted by Gasteiger charge is 2.40. The summed E-state index contributed by atoms with van der Waals surface area (Å²) in [6.07, 6.45) is 19.8. The van der Waals surface area contributed by atoms with Crippen molar-refractivity contribution in [2.45, 2.75) is 103 Å². The summed E-state index contributed by atoms with van der Waals surface area (Å²) >= 11 is 0. The van der Waals surface area contributed by atoms with Crippen LogP contribution in [0.3, 0.4) is 0 Å². The van der Waals surface area contributed by atoms with Crippen LogP contribution in [0.5, 0.6) is 0 Å². The summed E-state index contributed by atoms with van der Waals surface area (Å²) in [7, 11) is 3.52. The number of carbonyl (C=O) groups excluding carboxylic acids is 3. The topological polar surface area (TPSA) is 123 Å². The van der Waals surface area contributed by atoms with E-state index in [2.05, 4.69) is 105 Å². The molecule has 2 saturated heterocycles. The Labute approximate surface area is 446 Å². The highest BCUT2D eigenvalue weighted by Crippen LogP contribution is 2.38. The lowest BCUT2D eigenvalue weighted by molar-refractivity contribution is -0.124. The normalized spacial score (nSPS) is 18.0. The van der Waals surface area contributed by atoms with Gasteiger partial charge < -0.3 is 23.9 Å². The van der Waals surface area contributed by atoms with Crippen molar-refractivity contribution in [2.24, 2.45) is 7.05 Å². The van der Waals surface area contributed by atoms with Gasteiger partial charge in [-0.1, -0.05) is 82.0 Å². The van der Waals surface area contributed by atoms with Crippen LogP contribution in [0.15, 0.2) is 121 Å². The Balaban J connectivity index is 0.00000109. The molecule has 404 valence electrons. The number of allylic oxidation sites excluding steroid dienone is 1. The number of fused-ring (bicyclic) bond motifs is 1.